The Morgan fingerprint density at radius 2 is 1.74 bits per heavy atom. The Hall–Kier alpha value is -4.28. The second kappa shape index (κ2) is 12.5. The second-order valence-corrected chi connectivity index (χ2v) is 11.3. The molecule has 1 saturated carbocycles. The number of methoxy groups -OCH3 is 2. The number of piperazine rings is 1. The first kappa shape index (κ1) is 28.8. The number of aliphatic hydroxyl groups is 1. The molecule has 3 aromatic rings. The van der Waals surface area contributed by atoms with E-state index in [2.05, 4.69) is 15.2 Å². The zero-order valence-electron chi connectivity index (χ0n) is 24.5. The van der Waals surface area contributed by atoms with Gasteiger partial charge in [-0.15, -0.1) is 0 Å². The number of aromatic nitrogens is 1. The van der Waals surface area contributed by atoms with Gasteiger partial charge in [0.2, 0.25) is 5.91 Å². The Morgan fingerprint density at radius 1 is 1.00 bits per heavy atom. The van der Waals surface area contributed by atoms with Crippen LogP contribution in [0.25, 0.3) is 0 Å². The van der Waals surface area contributed by atoms with E-state index >= 15 is 0 Å². The fourth-order valence-electron chi connectivity index (χ4n) is 6.40. The number of hydrogen-bond acceptors (Lipinski definition) is 8. The first-order chi connectivity index (χ1) is 20.9. The molecule has 1 aromatic heterocycles. The minimum absolute atomic E-state index is 0.0234. The molecule has 2 N–H and O–H groups in total. The van der Waals surface area contributed by atoms with E-state index in [1.54, 1.807) is 38.7 Å². The normalized spacial score (nSPS) is 21.7. The molecule has 2 fully saturated rings. The number of aliphatic hydroxyl groups excluding tert-OH is 1. The van der Waals surface area contributed by atoms with Crippen LogP contribution in [0.1, 0.15) is 52.2 Å². The van der Waals surface area contributed by atoms with Gasteiger partial charge in [-0.1, -0.05) is 12.1 Å². The summed E-state index contributed by atoms with van der Waals surface area (Å²) in [6, 6.07) is 15.3. The molecule has 6 rings (SSSR count). The fraction of sp³-hybridized carbons (Fsp3) is 0.394. The molecule has 0 radical (unpaired) electrons. The van der Waals surface area contributed by atoms with E-state index < -0.39 is 0 Å². The average molecular weight is 584 g/mol. The smallest absolute Gasteiger partial charge is 0.253 e. The van der Waals surface area contributed by atoms with Gasteiger partial charge in [0.1, 0.15) is 0 Å². The standard InChI is InChI=1S/C33H37N5O5/c1-42-29-17-25-26-16-24(39)9-10-28(26)36-32(27(25)18-30(29)43-2)21-5-7-22(8-6-21)33(41)38-14-12-37(13-15-38)20-31(40)35-23-4-3-11-34-19-23/h3-8,11,17-19,24,26,28,39H,9-10,12-16,20H2,1-2H3,(H,35,40). The Bertz CT molecular complexity index is 1500. The van der Waals surface area contributed by atoms with Gasteiger partial charge >= 0.3 is 0 Å². The van der Waals surface area contributed by atoms with Crippen molar-refractivity contribution in [3.8, 4) is 11.5 Å². The van der Waals surface area contributed by atoms with E-state index in [4.69, 9.17) is 14.5 Å². The van der Waals surface area contributed by atoms with Crippen molar-refractivity contribution in [3.05, 3.63) is 83.2 Å². The Morgan fingerprint density at radius 3 is 2.44 bits per heavy atom. The number of rotatable bonds is 7. The van der Waals surface area contributed by atoms with Crippen molar-refractivity contribution in [1.29, 1.82) is 0 Å². The van der Waals surface area contributed by atoms with Crippen molar-refractivity contribution in [2.75, 3.05) is 52.3 Å². The number of anilines is 1. The maximum Gasteiger partial charge on any atom is 0.253 e. The van der Waals surface area contributed by atoms with E-state index in [9.17, 15) is 14.7 Å². The van der Waals surface area contributed by atoms with Crippen LogP contribution < -0.4 is 14.8 Å². The Balaban J connectivity index is 1.14. The molecule has 3 heterocycles. The highest BCUT2D eigenvalue weighted by Gasteiger charge is 2.37. The maximum atomic E-state index is 13.4. The van der Waals surface area contributed by atoms with Gasteiger partial charge in [-0.3, -0.25) is 24.5 Å². The summed E-state index contributed by atoms with van der Waals surface area (Å²) in [5.41, 5.74) is 5.16. The minimum Gasteiger partial charge on any atom is -0.493 e. The number of aliphatic imine (C=N–C) groups is 1. The number of carbonyl (C=O) groups is 2. The van der Waals surface area contributed by atoms with Crippen molar-refractivity contribution >= 4 is 23.2 Å². The molecular formula is C33H37N5O5. The van der Waals surface area contributed by atoms with Crippen LogP contribution in [0.15, 0.2) is 65.9 Å². The van der Waals surface area contributed by atoms with Crippen molar-refractivity contribution in [2.24, 2.45) is 4.99 Å². The van der Waals surface area contributed by atoms with Crippen LogP contribution in [0.5, 0.6) is 11.5 Å². The van der Waals surface area contributed by atoms with Crippen LogP contribution in [-0.4, -0.2) is 96.5 Å². The molecular weight excluding hydrogens is 546 g/mol. The highest BCUT2D eigenvalue weighted by atomic mass is 16.5. The van der Waals surface area contributed by atoms with E-state index in [1.807, 2.05) is 41.3 Å². The van der Waals surface area contributed by atoms with Gasteiger partial charge in [0.25, 0.3) is 5.91 Å². The number of amides is 2. The lowest BCUT2D eigenvalue weighted by Crippen LogP contribution is -2.50. The zero-order chi connectivity index (χ0) is 29.9. The van der Waals surface area contributed by atoms with Crippen LogP contribution in [-0.2, 0) is 4.79 Å². The second-order valence-electron chi connectivity index (χ2n) is 11.3. The Kier molecular flexibility index (Phi) is 8.40. The van der Waals surface area contributed by atoms with Gasteiger partial charge in [0.15, 0.2) is 11.5 Å². The third-order valence-corrected chi connectivity index (χ3v) is 8.67. The molecule has 10 heteroatoms. The van der Waals surface area contributed by atoms with Gasteiger partial charge in [-0.25, -0.2) is 0 Å². The van der Waals surface area contributed by atoms with Crippen molar-refractivity contribution in [3.63, 3.8) is 0 Å². The quantitative estimate of drug-likeness (QED) is 0.438. The lowest BCUT2D eigenvalue weighted by molar-refractivity contribution is -0.117. The molecule has 2 amide bonds. The third-order valence-electron chi connectivity index (χ3n) is 8.67. The number of hydrogen-bond donors (Lipinski definition) is 2. The van der Waals surface area contributed by atoms with E-state index in [1.165, 1.54) is 0 Å². The van der Waals surface area contributed by atoms with Gasteiger partial charge < -0.3 is 24.8 Å². The molecule has 0 bridgehead atoms. The van der Waals surface area contributed by atoms with Crippen molar-refractivity contribution < 1.29 is 24.2 Å². The van der Waals surface area contributed by atoms with Gasteiger partial charge in [0.05, 0.1) is 50.5 Å². The molecule has 2 aromatic carbocycles. The monoisotopic (exact) mass is 583 g/mol. The number of pyridine rings is 1. The average Bonchev–Trinajstić information content (AvgIpc) is 3.04. The van der Waals surface area contributed by atoms with E-state index in [0.717, 1.165) is 35.2 Å². The SMILES string of the molecule is COc1cc2c(cc1OC)C1CC(O)CCC1N=C2c1ccc(C(=O)N2CCN(CC(=O)Nc3cccnc3)CC2)cc1. The number of fused-ring (bicyclic) bond motifs is 3. The summed E-state index contributed by atoms with van der Waals surface area (Å²) in [5.74, 6) is 1.29. The van der Waals surface area contributed by atoms with Crippen LogP contribution >= 0.6 is 0 Å². The highest BCUT2D eigenvalue weighted by Crippen LogP contribution is 2.44. The fourth-order valence-corrected chi connectivity index (χ4v) is 6.40. The molecule has 0 spiro atoms. The first-order valence-electron chi connectivity index (χ1n) is 14.8. The summed E-state index contributed by atoms with van der Waals surface area (Å²) in [4.78, 5) is 38.9. The van der Waals surface area contributed by atoms with Crippen LogP contribution in [0.4, 0.5) is 5.69 Å². The molecule has 43 heavy (non-hydrogen) atoms. The summed E-state index contributed by atoms with van der Waals surface area (Å²) in [7, 11) is 3.25. The summed E-state index contributed by atoms with van der Waals surface area (Å²) in [5, 5.41) is 13.3. The molecule has 10 nitrogen and oxygen atoms in total. The summed E-state index contributed by atoms with van der Waals surface area (Å²) in [6.45, 7) is 2.63. The lowest BCUT2D eigenvalue weighted by Gasteiger charge is -2.37. The molecule has 2 aliphatic heterocycles. The predicted molar refractivity (Wildman–Crippen MR) is 163 cm³/mol. The van der Waals surface area contributed by atoms with Gasteiger partial charge in [0, 0.05) is 55.0 Å². The van der Waals surface area contributed by atoms with Crippen LogP contribution in [0.3, 0.4) is 0 Å². The van der Waals surface area contributed by atoms with Crippen molar-refractivity contribution in [2.45, 2.75) is 37.3 Å². The first-order valence-corrected chi connectivity index (χ1v) is 14.8. The minimum atomic E-state index is -0.338. The largest absolute Gasteiger partial charge is 0.493 e. The number of nitrogens with zero attached hydrogens (tertiary/aromatic N) is 4. The number of nitrogens with one attached hydrogen (secondary N) is 1. The topological polar surface area (TPSA) is 117 Å². The van der Waals surface area contributed by atoms with Crippen LogP contribution in [0, 0.1) is 0 Å². The Labute approximate surface area is 251 Å². The zero-order valence-corrected chi connectivity index (χ0v) is 24.5. The van der Waals surface area contributed by atoms with E-state index in [0.29, 0.717) is 55.3 Å². The molecule has 1 aliphatic carbocycles. The molecule has 3 aliphatic rings. The van der Waals surface area contributed by atoms with Crippen LogP contribution in [0.2, 0.25) is 0 Å². The third kappa shape index (κ3) is 6.11. The molecule has 3 unspecified atom stereocenters. The summed E-state index contributed by atoms with van der Waals surface area (Å²) < 4.78 is 11.2. The number of benzene rings is 2. The summed E-state index contributed by atoms with van der Waals surface area (Å²) in [6.07, 6.45) is 5.16. The van der Waals surface area contributed by atoms with E-state index in [-0.39, 0.29) is 36.4 Å². The summed E-state index contributed by atoms with van der Waals surface area (Å²) >= 11 is 0. The highest BCUT2D eigenvalue weighted by molar-refractivity contribution is 6.15. The van der Waals surface area contributed by atoms with Gasteiger partial charge in [-0.05, 0) is 61.2 Å². The van der Waals surface area contributed by atoms with Crippen molar-refractivity contribution in [1.82, 2.24) is 14.8 Å². The lowest BCUT2D eigenvalue weighted by atomic mass is 9.74. The maximum absolute atomic E-state index is 13.4. The molecule has 224 valence electrons. The predicted octanol–water partition coefficient (Wildman–Crippen LogP) is 3.34. The number of carbonyl (C=O) groups excluding carboxylic acids is 2. The van der Waals surface area contributed by atoms with Gasteiger partial charge in [-0.2, -0.15) is 0 Å². The number of ether oxygens (including phenoxy) is 2. The molecule has 1 saturated heterocycles. The molecule has 3 atom stereocenters.